The topological polar surface area (TPSA) is 121 Å². The zero-order valence-electron chi connectivity index (χ0n) is 18.8. The molecule has 0 spiro atoms. The van der Waals surface area contributed by atoms with Crippen LogP contribution in [0.4, 0.5) is 4.39 Å². The number of hydrogen-bond donors (Lipinski definition) is 1. The van der Waals surface area contributed by atoms with Gasteiger partial charge < -0.3 is 9.26 Å². The molecule has 2 N–H and O–H groups in total. The molecule has 1 fully saturated rings. The highest BCUT2D eigenvalue weighted by molar-refractivity contribution is 7.82. The van der Waals surface area contributed by atoms with Crippen LogP contribution in [-0.2, 0) is 11.0 Å². The average molecular weight is 485 g/mol. The van der Waals surface area contributed by atoms with Gasteiger partial charge in [-0.15, -0.1) is 0 Å². The van der Waals surface area contributed by atoms with E-state index in [1.54, 1.807) is 23.0 Å². The second kappa shape index (κ2) is 9.22. The van der Waals surface area contributed by atoms with E-state index >= 15 is 0 Å². The molecular formula is C23H25FN6O3S. The summed E-state index contributed by atoms with van der Waals surface area (Å²) < 4.78 is 39.4. The Hall–Kier alpha value is -3.18. The number of fused-ring (bicyclic) bond motifs is 1. The Morgan fingerprint density at radius 2 is 2.00 bits per heavy atom. The molecule has 4 aromatic rings. The van der Waals surface area contributed by atoms with Crippen LogP contribution in [-0.4, -0.2) is 35.1 Å². The highest BCUT2D eigenvalue weighted by Crippen LogP contribution is 2.35. The number of hydrogen-bond acceptors (Lipinski definition) is 7. The van der Waals surface area contributed by atoms with E-state index in [0.717, 1.165) is 31.5 Å². The highest BCUT2D eigenvalue weighted by Gasteiger charge is 2.28. The largest absolute Gasteiger partial charge is 0.474 e. The fraction of sp³-hybridized carbons (Fsp3) is 0.391. The van der Waals surface area contributed by atoms with Crippen molar-refractivity contribution in [3.05, 3.63) is 54.2 Å². The molecule has 1 saturated carbocycles. The summed E-state index contributed by atoms with van der Waals surface area (Å²) in [5, 5.41) is 13.8. The number of aromatic nitrogens is 5. The minimum absolute atomic E-state index is 0.0116. The van der Waals surface area contributed by atoms with Gasteiger partial charge >= 0.3 is 0 Å². The number of nitrogens with two attached hydrogens (primary N) is 1. The number of rotatable bonds is 6. The van der Waals surface area contributed by atoms with Crippen molar-refractivity contribution in [2.75, 3.05) is 0 Å². The van der Waals surface area contributed by atoms with Gasteiger partial charge in [0.2, 0.25) is 11.8 Å². The lowest BCUT2D eigenvalue weighted by Gasteiger charge is -2.27. The predicted molar refractivity (Wildman–Crippen MR) is 123 cm³/mol. The van der Waals surface area contributed by atoms with Crippen LogP contribution in [0, 0.1) is 5.82 Å². The molecular weight excluding hydrogens is 459 g/mol. The lowest BCUT2D eigenvalue weighted by atomic mass is 9.87. The van der Waals surface area contributed by atoms with Gasteiger partial charge in [-0.3, -0.25) is 0 Å². The number of benzene rings is 1. The molecule has 1 aliphatic rings. The molecule has 0 bridgehead atoms. The Kier molecular flexibility index (Phi) is 6.13. The number of ether oxygens (including phenoxy) is 1. The van der Waals surface area contributed by atoms with Crippen molar-refractivity contribution in [2.24, 2.45) is 5.14 Å². The molecule has 3 aromatic heterocycles. The first kappa shape index (κ1) is 22.6. The maximum absolute atomic E-state index is 14.7. The normalized spacial score (nSPS) is 19.6. The molecule has 0 amide bonds. The monoisotopic (exact) mass is 484 g/mol. The molecule has 1 unspecified atom stereocenters. The van der Waals surface area contributed by atoms with Gasteiger partial charge in [-0.05, 0) is 43.9 Å². The van der Waals surface area contributed by atoms with Gasteiger partial charge in [-0.25, -0.2) is 18.7 Å². The van der Waals surface area contributed by atoms with Crippen LogP contribution in [0.25, 0.3) is 16.8 Å². The summed E-state index contributed by atoms with van der Waals surface area (Å²) in [6.07, 6.45) is 6.65. The fourth-order valence-corrected chi connectivity index (χ4v) is 4.66. The molecule has 34 heavy (non-hydrogen) atoms. The summed E-state index contributed by atoms with van der Waals surface area (Å²) in [6.45, 7) is 4.09. The Balaban J connectivity index is 1.32. The minimum atomic E-state index is -1.76. The van der Waals surface area contributed by atoms with Crippen LogP contribution in [0.3, 0.4) is 0 Å². The predicted octanol–water partition coefficient (Wildman–Crippen LogP) is 4.13. The van der Waals surface area contributed by atoms with Crippen molar-refractivity contribution in [1.29, 1.82) is 0 Å². The van der Waals surface area contributed by atoms with E-state index in [9.17, 15) is 8.60 Å². The first-order valence-electron chi connectivity index (χ1n) is 11.2. The maximum atomic E-state index is 14.7. The molecule has 9 nitrogen and oxygen atoms in total. The molecule has 0 radical (unpaired) electrons. The van der Waals surface area contributed by atoms with Crippen molar-refractivity contribution >= 4 is 16.6 Å². The second-order valence-corrected chi connectivity index (χ2v) is 9.82. The van der Waals surface area contributed by atoms with E-state index in [2.05, 4.69) is 20.2 Å². The molecule has 0 aliphatic heterocycles. The SMILES string of the molecule is CC(C)c1noc(C2CCC(Oc3ccnc4c(-c5ccc(S(N)=O)cc5F)cnn34)CC2)n1. The van der Waals surface area contributed by atoms with Crippen molar-refractivity contribution in [1.82, 2.24) is 24.7 Å². The summed E-state index contributed by atoms with van der Waals surface area (Å²) in [7, 11) is -1.76. The Morgan fingerprint density at radius 1 is 1.21 bits per heavy atom. The quantitative estimate of drug-likeness (QED) is 0.437. The van der Waals surface area contributed by atoms with Crippen molar-refractivity contribution in [2.45, 2.75) is 62.4 Å². The third kappa shape index (κ3) is 4.32. The van der Waals surface area contributed by atoms with Crippen LogP contribution >= 0.6 is 0 Å². The third-order valence-corrected chi connectivity index (χ3v) is 6.83. The van der Waals surface area contributed by atoms with Crippen LogP contribution in [0.1, 0.15) is 63.1 Å². The lowest BCUT2D eigenvalue weighted by Crippen LogP contribution is -2.24. The highest BCUT2D eigenvalue weighted by atomic mass is 32.2. The van der Waals surface area contributed by atoms with Gasteiger partial charge in [0.15, 0.2) is 11.5 Å². The molecule has 0 saturated heterocycles. The van der Waals surface area contributed by atoms with Gasteiger partial charge in [0, 0.05) is 35.2 Å². The van der Waals surface area contributed by atoms with E-state index < -0.39 is 16.8 Å². The number of nitrogens with zero attached hydrogens (tertiary/aromatic N) is 5. The summed E-state index contributed by atoms with van der Waals surface area (Å²) in [6, 6.07) is 5.98. The Morgan fingerprint density at radius 3 is 2.68 bits per heavy atom. The standard InChI is InChI=1S/C23H25FN6O3S/c1-13(2)21-28-23(33-29-21)14-3-5-15(6-4-14)32-20-9-10-26-22-18(12-27-30(20)22)17-8-7-16(34(25)31)11-19(17)24/h7-15H,3-6,25H2,1-2H3. The molecule has 1 aromatic carbocycles. The zero-order chi connectivity index (χ0) is 23.8. The van der Waals surface area contributed by atoms with Crippen LogP contribution < -0.4 is 9.88 Å². The number of halogens is 1. The third-order valence-electron chi connectivity index (χ3n) is 6.11. The molecule has 11 heteroatoms. The smallest absolute Gasteiger partial charge is 0.229 e. The summed E-state index contributed by atoms with van der Waals surface area (Å²) in [5.41, 5.74) is 1.28. The molecule has 3 heterocycles. The van der Waals surface area contributed by atoms with Gasteiger partial charge in [0.1, 0.15) is 22.9 Å². The van der Waals surface area contributed by atoms with Crippen LogP contribution in [0.15, 0.2) is 46.1 Å². The van der Waals surface area contributed by atoms with E-state index in [0.29, 0.717) is 28.5 Å². The van der Waals surface area contributed by atoms with E-state index in [1.165, 1.54) is 18.2 Å². The molecule has 1 aliphatic carbocycles. The summed E-state index contributed by atoms with van der Waals surface area (Å²) >= 11 is 0. The lowest BCUT2D eigenvalue weighted by molar-refractivity contribution is 0.130. The van der Waals surface area contributed by atoms with E-state index in [4.69, 9.17) is 14.4 Å². The Labute approximate surface area is 198 Å². The van der Waals surface area contributed by atoms with Crippen molar-refractivity contribution < 1.29 is 17.9 Å². The van der Waals surface area contributed by atoms with Crippen molar-refractivity contribution in [3.8, 4) is 17.0 Å². The second-order valence-electron chi connectivity index (χ2n) is 8.75. The van der Waals surface area contributed by atoms with Gasteiger partial charge in [-0.1, -0.05) is 19.0 Å². The minimum Gasteiger partial charge on any atom is -0.474 e. The molecule has 1 atom stereocenters. The van der Waals surface area contributed by atoms with Crippen LogP contribution in [0.2, 0.25) is 0 Å². The Bertz CT molecular complexity index is 1350. The van der Waals surface area contributed by atoms with Gasteiger partial charge in [0.25, 0.3) is 0 Å². The van der Waals surface area contributed by atoms with Gasteiger partial charge in [-0.2, -0.15) is 14.6 Å². The summed E-state index contributed by atoms with van der Waals surface area (Å²) in [5.74, 6) is 1.92. The van der Waals surface area contributed by atoms with E-state index in [1.807, 2.05) is 13.8 Å². The van der Waals surface area contributed by atoms with Crippen molar-refractivity contribution in [3.63, 3.8) is 0 Å². The first-order chi connectivity index (χ1) is 16.4. The van der Waals surface area contributed by atoms with Crippen LogP contribution in [0.5, 0.6) is 5.88 Å². The first-order valence-corrected chi connectivity index (χ1v) is 12.4. The van der Waals surface area contributed by atoms with E-state index in [-0.39, 0.29) is 22.8 Å². The molecule has 5 rings (SSSR count). The summed E-state index contributed by atoms with van der Waals surface area (Å²) in [4.78, 5) is 9.14. The maximum Gasteiger partial charge on any atom is 0.229 e. The zero-order valence-corrected chi connectivity index (χ0v) is 19.7. The van der Waals surface area contributed by atoms with Gasteiger partial charge in [0.05, 0.1) is 11.1 Å². The fourth-order valence-electron chi connectivity index (χ4n) is 4.23. The average Bonchev–Trinajstić information content (AvgIpc) is 3.48. The molecule has 178 valence electrons.